The molecule has 5 N–H and O–H groups in total. The normalized spacial score (nSPS) is 20.1. The van der Waals surface area contributed by atoms with E-state index in [-0.39, 0.29) is 42.2 Å². The first kappa shape index (κ1) is 28.2. The number of sulfonamides is 1. The molecule has 0 atom stereocenters. The summed E-state index contributed by atoms with van der Waals surface area (Å²) < 4.78 is 35.8. The van der Waals surface area contributed by atoms with Crippen LogP contribution in [0.25, 0.3) is 11.2 Å². The van der Waals surface area contributed by atoms with Crippen molar-refractivity contribution in [3.63, 3.8) is 0 Å². The molecule has 0 bridgehead atoms. The third kappa shape index (κ3) is 6.37. The monoisotopic (exact) mass is 570 g/mol. The fourth-order valence-corrected chi connectivity index (χ4v) is 6.75. The number of esters is 1. The standard InChI is InChI=1S/C27H38N8O4S/c1-2-39-26(36)21-9-5-6-10-22(21)40(37,38)31-16-15-29-24-23-25(35(17-30-23)20-7-3-4-8-20)34-27(33-24)32-19-13-11-18(28)12-14-19/h5-6,9-10,17-20,31H,2-4,7-8,11-16,28H2,1H3,(H2,29,32,33,34). The lowest BCUT2D eigenvalue weighted by Gasteiger charge is -2.27. The summed E-state index contributed by atoms with van der Waals surface area (Å²) in [5, 5.41) is 6.74. The molecule has 0 amide bonds. The van der Waals surface area contributed by atoms with Crippen molar-refractivity contribution in [3.05, 3.63) is 36.2 Å². The van der Waals surface area contributed by atoms with E-state index >= 15 is 0 Å². The Kier molecular flexibility index (Phi) is 8.81. The van der Waals surface area contributed by atoms with E-state index in [0.29, 0.717) is 23.3 Å². The van der Waals surface area contributed by atoms with Crippen molar-refractivity contribution < 1.29 is 17.9 Å². The lowest BCUT2D eigenvalue weighted by Crippen LogP contribution is -2.33. The van der Waals surface area contributed by atoms with Crippen molar-refractivity contribution in [1.29, 1.82) is 0 Å². The average Bonchev–Trinajstić information content (AvgIpc) is 3.63. The van der Waals surface area contributed by atoms with Crippen molar-refractivity contribution >= 4 is 38.9 Å². The summed E-state index contributed by atoms with van der Waals surface area (Å²) >= 11 is 0. The molecule has 40 heavy (non-hydrogen) atoms. The van der Waals surface area contributed by atoms with Crippen molar-refractivity contribution in [1.82, 2.24) is 24.2 Å². The summed E-state index contributed by atoms with van der Waals surface area (Å²) in [5.41, 5.74) is 7.50. The molecule has 1 aromatic carbocycles. The molecule has 0 radical (unpaired) electrons. The average molecular weight is 571 g/mol. The topological polar surface area (TPSA) is 166 Å². The van der Waals surface area contributed by atoms with E-state index < -0.39 is 16.0 Å². The number of anilines is 2. The quantitative estimate of drug-likeness (QED) is 0.199. The Morgan fingerprint density at radius 1 is 1.07 bits per heavy atom. The van der Waals surface area contributed by atoms with Crippen LogP contribution in [0.4, 0.5) is 11.8 Å². The summed E-state index contributed by atoms with van der Waals surface area (Å²) in [6.07, 6.45) is 10.2. The van der Waals surface area contributed by atoms with Crippen LogP contribution in [0.2, 0.25) is 0 Å². The van der Waals surface area contributed by atoms with Gasteiger partial charge in [0.15, 0.2) is 17.0 Å². The molecule has 3 aromatic rings. The number of rotatable bonds is 11. The lowest BCUT2D eigenvalue weighted by molar-refractivity contribution is 0.0521. The van der Waals surface area contributed by atoms with E-state index in [1.165, 1.54) is 25.0 Å². The van der Waals surface area contributed by atoms with E-state index in [0.717, 1.165) is 44.2 Å². The summed E-state index contributed by atoms with van der Waals surface area (Å²) in [5.74, 6) is 0.393. The van der Waals surface area contributed by atoms with Crippen molar-refractivity contribution in [2.75, 3.05) is 30.3 Å². The van der Waals surface area contributed by atoms with Gasteiger partial charge in [-0.2, -0.15) is 9.97 Å². The number of nitrogens with zero attached hydrogens (tertiary/aromatic N) is 4. The van der Waals surface area contributed by atoms with Crippen LogP contribution in [0.3, 0.4) is 0 Å². The van der Waals surface area contributed by atoms with Gasteiger partial charge in [0.25, 0.3) is 0 Å². The number of nitrogens with one attached hydrogen (secondary N) is 3. The zero-order valence-corrected chi connectivity index (χ0v) is 23.6. The first-order valence-electron chi connectivity index (χ1n) is 14.1. The van der Waals surface area contributed by atoms with Crippen LogP contribution in [0, 0.1) is 0 Å². The molecule has 2 saturated carbocycles. The summed E-state index contributed by atoms with van der Waals surface area (Å²) in [6, 6.07) is 6.86. The zero-order valence-electron chi connectivity index (χ0n) is 22.8. The van der Waals surface area contributed by atoms with Gasteiger partial charge in [-0.25, -0.2) is 22.9 Å². The smallest absolute Gasteiger partial charge is 0.339 e. The van der Waals surface area contributed by atoms with Gasteiger partial charge in [0.1, 0.15) is 0 Å². The van der Waals surface area contributed by atoms with E-state index in [2.05, 4.69) is 24.9 Å². The molecule has 2 aliphatic rings. The minimum absolute atomic E-state index is 0.000782. The molecule has 13 heteroatoms. The number of carbonyl (C=O) groups is 1. The summed E-state index contributed by atoms with van der Waals surface area (Å²) in [4.78, 5) is 26.4. The minimum atomic E-state index is -3.96. The second-order valence-electron chi connectivity index (χ2n) is 10.5. The highest BCUT2D eigenvalue weighted by molar-refractivity contribution is 7.89. The molecular formula is C27H38N8O4S. The predicted octanol–water partition coefficient (Wildman–Crippen LogP) is 3.19. The molecule has 216 valence electrons. The number of hydrogen-bond acceptors (Lipinski definition) is 10. The Morgan fingerprint density at radius 2 is 1.82 bits per heavy atom. The third-order valence-electron chi connectivity index (χ3n) is 7.63. The van der Waals surface area contributed by atoms with Crippen LogP contribution in [-0.4, -0.2) is 65.7 Å². The van der Waals surface area contributed by atoms with Gasteiger partial charge >= 0.3 is 5.97 Å². The molecule has 0 saturated heterocycles. The Balaban J connectivity index is 1.31. The molecular weight excluding hydrogens is 532 g/mol. The SMILES string of the molecule is CCOC(=O)c1ccccc1S(=O)(=O)NCCNc1nc(NC2CCC(N)CC2)nc2c1ncn2C1CCCC1. The highest BCUT2D eigenvalue weighted by atomic mass is 32.2. The van der Waals surface area contributed by atoms with Crippen LogP contribution < -0.4 is 21.1 Å². The lowest BCUT2D eigenvalue weighted by atomic mass is 9.92. The van der Waals surface area contributed by atoms with Crippen LogP contribution >= 0.6 is 0 Å². The van der Waals surface area contributed by atoms with Gasteiger partial charge in [0.05, 0.1) is 23.4 Å². The maximum atomic E-state index is 13.0. The fourth-order valence-electron chi connectivity index (χ4n) is 5.52. The number of carbonyl (C=O) groups excluding carboxylic acids is 1. The highest BCUT2D eigenvalue weighted by Crippen LogP contribution is 2.33. The zero-order chi connectivity index (χ0) is 28.1. The molecule has 2 heterocycles. The maximum absolute atomic E-state index is 13.0. The molecule has 12 nitrogen and oxygen atoms in total. The maximum Gasteiger partial charge on any atom is 0.339 e. The number of aromatic nitrogens is 4. The molecule has 2 fully saturated rings. The molecule has 0 spiro atoms. The van der Waals surface area contributed by atoms with Gasteiger partial charge in [0, 0.05) is 31.2 Å². The highest BCUT2D eigenvalue weighted by Gasteiger charge is 2.25. The molecule has 2 aliphatic carbocycles. The minimum Gasteiger partial charge on any atom is -0.462 e. The summed E-state index contributed by atoms with van der Waals surface area (Å²) in [7, 11) is -3.96. The summed E-state index contributed by atoms with van der Waals surface area (Å²) in [6.45, 7) is 2.14. The van der Waals surface area contributed by atoms with Gasteiger partial charge in [-0.05, 0) is 57.6 Å². The van der Waals surface area contributed by atoms with E-state index in [1.807, 2.05) is 6.33 Å². The first-order valence-corrected chi connectivity index (χ1v) is 15.6. The van der Waals surface area contributed by atoms with Gasteiger partial charge in [-0.15, -0.1) is 0 Å². The Labute approximate surface area is 234 Å². The predicted molar refractivity (Wildman–Crippen MR) is 153 cm³/mol. The van der Waals surface area contributed by atoms with Crippen molar-refractivity contribution in [2.24, 2.45) is 5.73 Å². The van der Waals surface area contributed by atoms with Gasteiger partial charge < -0.3 is 25.7 Å². The molecule has 0 aliphatic heterocycles. The van der Waals surface area contributed by atoms with Crippen LogP contribution in [0.5, 0.6) is 0 Å². The van der Waals surface area contributed by atoms with Gasteiger partial charge in [-0.1, -0.05) is 25.0 Å². The van der Waals surface area contributed by atoms with E-state index in [9.17, 15) is 13.2 Å². The number of imidazole rings is 1. The van der Waals surface area contributed by atoms with Crippen LogP contribution in [0.1, 0.15) is 74.7 Å². The van der Waals surface area contributed by atoms with Crippen molar-refractivity contribution in [3.8, 4) is 0 Å². The largest absolute Gasteiger partial charge is 0.462 e. The van der Waals surface area contributed by atoms with Gasteiger partial charge in [-0.3, -0.25) is 0 Å². The third-order valence-corrected chi connectivity index (χ3v) is 9.15. The number of fused-ring (bicyclic) bond motifs is 1. The fraction of sp³-hybridized carbons (Fsp3) is 0.556. The number of hydrogen-bond donors (Lipinski definition) is 4. The number of benzene rings is 1. The van der Waals surface area contributed by atoms with Crippen molar-refractivity contribution in [2.45, 2.75) is 81.3 Å². The molecule has 2 aromatic heterocycles. The molecule has 5 rings (SSSR count). The second kappa shape index (κ2) is 12.5. The first-order chi connectivity index (χ1) is 19.4. The second-order valence-corrected chi connectivity index (χ2v) is 12.2. The molecule has 0 unspecified atom stereocenters. The van der Waals surface area contributed by atoms with Crippen LogP contribution in [0.15, 0.2) is 35.5 Å². The number of nitrogens with two attached hydrogens (primary N) is 1. The van der Waals surface area contributed by atoms with E-state index in [4.69, 9.17) is 20.4 Å². The number of ether oxygens (including phenoxy) is 1. The Hall–Kier alpha value is -3.29. The van der Waals surface area contributed by atoms with Gasteiger partial charge in [0.2, 0.25) is 16.0 Å². The Morgan fingerprint density at radius 3 is 2.58 bits per heavy atom. The Bertz CT molecular complexity index is 1430. The van der Waals surface area contributed by atoms with E-state index in [1.54, 1.807) is 19.1 Å². The van der Waals surface area contributed by atoms with Crippen LogP contribution in [-0.2, 0) is 14.8 Å².